The lowest BCUT2D eigenvalue weighted by Crippen LogP contribution is -2.16. The minimum atomic E-state index is -0.851. The third-order valence-corrected chi connectivity index (χ3v) is 1.85. The van der Waals surface area contributed by atoms with Gasteiger partial charge in [-0.05, 0) is 13.0 Å². The van der Waals surface area contributed by atoms with E-state index in [0.29, 0.717) is 6.54 Å². The maximum atomic E-state index is 10.5. The molecule has 0 aliphatic carbocycles. The SMILES string of the molecule is Cc1cc(C(CN)CC(=O)O)n[nH]1. The van der Waals surface area contributed by atoms with E-state index in [0.717, 1.165) is 11.4 Å². The van der Waals surface area contributed by atoms with Crippen LogP contribution < -0.4 is 5.73 Å². The van der Waals surface area contributed by atoms with E-state index >= 15 is 0 Å². The first kappa shape index (κ1) is 9.73. The molecule has 0 radical (unpaired) electrons. The van der Waals surface area contributed by atoms with Crippen LogP contribution in [0.4, 0.5) is 0 Å². The molecule has 72 valence electrons. The number of H-pyrrole nitrogens is 1. The monoisotopic (exact) mass is 183 g/mol. The first-order chi connectivity index (χ1) is 6.13. The van der Waals surface area contributed by atoms with E-state index in [4.69, 9.17) is 10.8 Å². The fourth-order valence-corrected chi connectivity index (χ4v) is 1.17. The lowest BCUT2D eigenvalue weighted by Gasteiger charge is -2.07. The third-order valence-electron chi connectivity index (χ3n) is 1.85. The Hall–Kier alpha value is -1.36. The summed E-state index contributed by atoms with van der Waals surface area (Å²) >= 11 is 0. The van der Waals surface area contributed by atoms with Crippen molar-refractivity contribution in [2.45, 2.75) is 19.3 Å². The summed E-state index contributed by atoms with van der Waals surface area (Å²) in [4.78, 5) is 10.5. The molecule has 0 aromatic carbocycles. The van der Waals surface area contributed by atoms with Crippen molar-refractivity contribution in [3.05, 3.63) is 17.5 Å². The Morgan fingerprint density at radius 1 is 1.85 bits per heavy atom. The molecular weight excluding hydrogens is 170 g/mol. The highest BCUT2D eigenvalue weighted by Gasteiger charge is 2.16. The van der Waals surface area contributed by atoms with Gasteiger partial charge in [-0.2, -0.15) is 5.10 Å². The van der Waals surface area contributed by atoms with Gasteiger partial charge in [-0.15, -0.1) is 0 Å². The number of carbonyl (C=O) groups is 1. The molecular formula is C8H13N3O2. The van der Waals surface area contributed by atoms with Crippen molar-refractivity contribution in [3.63, 3.8) is 0 Å². The summed E-state index contributed by atoms with van der Waals surface area (Å²) in [5.41, 5.74) is 7.09. The molecule has 0 spiro atoms. The van der Waals surface area contributed by atoms with Crippen LogP contribution in [0.2, 0.25) is 0 Å². The summed E-state index contributed by atoms with van der Waals surface area (Å²) in [5.74, 6) is -1.04. The van der Waals surface area contributed by atoms with Gasteiger partial charge in [-0.1, -0.05) is 0 Å². The molecule has 0 aliphatic heterocycles. The highest BCUT2D eigenvalue weighted by atomic mass is 16.4. The fourth-order valence-electron chi connectivity index (χ4n) is 1.17. The molecule has 0 fully saturated rings. The standard InChI is InChI=1S/C8H13N3O2/c1-5-2-7(11-10-5)6(4-9)3-8(12)13/h2,6H,3-4,9H2,1H3,(H,10,11)(H,12,13). The van der Waals surface area contributed by atoms with E-state index in [2.05, 4.69) is 10.2 Å². The Kier molecular flexibility index (Phi) is 3.02. The average Bonchev–Trinajstić information content (AvgIpc) is 2.47. The molecule has 1 unspecified atom stereocenters. The van der Waals surface area contributed by atoms with Crippen molar-refractivity contribution in [1.29, 1.82) is 0 Å². The van der Waals surface area contributed by atoms with Gasteiger partial charge in [0.15, 0.2) is 0 Å². The van der Waals surface area contributed by atoms with Crippen molar-refractivity contribution in [1.82, 2.24) is 10.2 Å². The Morgan fingerprint density at radius 2 is 2.54 bits per heavy atom. The van der Waals surface area contributed by atoms with Crippen molar-refractivity contribution < 1.29 is 9.90 Å². The van der Waals surface area contributed by atoms with Crippen LogP contribution in [0, 0.1) is 6.92 Å². The molecule has 0 amide bonds. The molecule has 0 saturated heterocycles. The number of hydrogen-bond acceptors (Lipinski definition) is 3. The molecule has 1 aromatic rings. The van der Waals surface area contributed by atoms with Crippen molar-refractivity contribution in [2.24, 2.45) is 5.73 Å². The van der Waals surface area contributed by atoms with Crippen LogP contribution >= 0.6 is 0 Å². The molecule has 1 heterocycles. The van der Waals surface area contributed by atoms with E-state index in [1.54, 1.807) is 0 Å². The molecule has 4 N–H and O–H groups in total. The Morgan fingerprint density at radius 3 is 2.92 bits per heavy atom. The van der Waals surface area contributed by atoms with E-state index in [1.807, 2.05) is 13.0 Å². The van der Waals surface area contributed by atoms with Crippen LogP contribution in [-0.4, -0.2) is 27.8 Å². The number of rotatable bonds is 4. The second-order valence-electron chi connectivity index (χ2n) is 3.01. The Labute approximate surface area is 75.9 Å². The van der Waals surface area contributed by atoms with Crippen LogP contribution in [0.15, 0.2) is 6.07 Å². The van der Waals surface area contributed by atoms with Crippen LogP contribution in [0.25, 0.3) is 0 Å². The molecule has 13 heavy (non-hydrogen) atoms. The highest BCUT2D eigenvalue weighted by molar-refractivity contribution is 5.67. The summed E-state index contributed by atoms with van der Waals surface area (Å²) in [6, 6.07) is 1.82. The number of aryl methyl sites for hydroxylation is 1. The zero-order chi connectivity index (χ0) is 9.84. The molecule has 1 rings (SSSR count). The highest BCUT2D eigenvalue weighted by Crippen LogP contribution is 2.16. The number of aliphatic carboxylic acids is 1. The van der Waals surface area contributed by atoms with Crippen LogP contribution in [-0.2, 0) is 4.79 Å². The summed E-state index contributed by atoms with van der Waals surface area (Å²) in [6.45, 7) is 2.17. The number of carboxylic acids is 1. The zero-order valence-electron chi connectivity index (χ0n) is 7.45. The topological polar surface area (TPSA) is 92.0 Å². The van der Waals surface area contributed by atoms with E-state index in [1.165, 1.54) is 0 Å². The van der Waals surface area contributed by atoms with Gasteiger partial charge in [0, 0.05) is 18.2 Å². The largest absolute Gasteiger partial charge is 0.481 e. The quantitative estimate of drug-likeness (QED) is 0.623. The lowest BCUT2D eigenvalue weighted by molar-refractivity contribution is -0.137. The normalized spacial score (nSPS) is 12.8. The van der Waals surface area contributed by atoms with Crippen molar-refractivity contribution in [2.75, 3.05) is 6.54 Å². The lowest BCUT2D eigenvalue weighted by atomic mass is 10.0. The second kappa shape index (κ2) is 4.04. The summed E-state index contributed by atoms with van der Waals surface area (Å²) in [5, 5.41) is 15.3. The summed E-state index contributed by atoms with van der Waals surface area (Å²) < 4.78 is 0. The van der Waals surface area contributed by atoms with Gasteiger partial charge in [0.1, 0.15) is 0 Å². The minimum absolute atomic E-state index is 0.0286. The van der Waals surface area contributed by atoms with Gasteiger partial charge >= 0.3 is 5.97 Å². The number of hydrogen-bond donors (Lipinski definition) is 3. The van der Waals surface area contributed by atoms with Gasteiger partial charge in [-0.3, -0.25) is 9.89 Å². The number of nitrogens with one attached hydrogen (secondary N) is 1. The fraction of sp³-hybridized carbons (Fsp3) is 0.500. The van der Waals surface area contributed by atoms with Gasteiger partial charge in [0.05, 0.1) is 12.1 Å². The number of carboxylic acid groups (broad SMARTS) is 1. The predicted molar refractivity (Wildman–Crippen MR) is 47.4 cm³/mol. The molecule has 0 saturated carbocycles. The number of nitrogens with two attached hydrogens (primary N) is 1. The molecule has 5 nitrogen and oxygen atoms in total. The van der Waals surface area contributed by atoms with Gasteiger partial charge < -0.3 is 10.8 Å². The first-order valence-corrected chi connectivity index (χ1v) is 4.07. The Bertz CT molecular complexity index is 295. The Balaban J connectivity index is 2.72. The van der Waals surface area contributed by atoms with E-state index < -0.39 is 5.97 Å². The molecule has 1 aromatic heterocycles. The zero-order valence-corrected chi connectivity index (χ0v) is 7.45. The third kappa shape index (κ3) is 2.55. The van der Waals surface area contributed by atoms with Gasteiger partial charge in [0.25, 0.3) is 0 Å². The maximum absolute atomic E-state index is 10.5. The smallest absolute Gasteiger partial charge is 0.304 e. The van der Waals surface area contributed by atoms with Crippen LogP contribution in [0.5, 0.6) is 0 Å². The predicted octanol–water partition coefficient (Wildman–Crippen LogP) is 0.235. The van der Waals surface area contributed by atoms with Crippen LogP contribution in [0.1, 0.15) is 23.7 Å². The number of aromatic nitrogens is 2. The second-order valence-corrected chi connectivity index (χ2v) is 3.01. The molecule has 5 heteroatoms. The molecule has 1 atom stereocenters. The number of aromatic amines is 1. The minimum Gasteiger partial charge on any atom is -0.481 e. The van der Waals surface area contributed by atoms with Gasteiger partial charge in [0.2, 0.25) is 0 Å². The van der Waals surface area contributed by atoms with Crippen LogP contribution in [0.3, 0.4) is 0 Å². The van der Waals surface area contributed by atoms with Crippen molar-refractivity contribution >= 4 is 5.97 Å². The molecule has 0 aliphatic rings. The maximum Gasteiger partial charge on any atom is 0.304 e. The first-order valence-electron chi connectivity index (χ1n) is 4.07. The van der Waals surface area contributed by atoms with E-state index in [-0.39, 0.29) is 12.3 Å². The van der Waals surface area contributed by atoms with Crippen molar-refractivity contribution in [3.8, 4) is 0 Å². The summed E-state index contributed by atoms with van der Waals surface area (Å²) in [7, 11) is 0. The average molecular weight is 183 g/mol. The number of nitrogens with zero attached hydrogens (tertiary/aromatic N) is 1. The molecule has 0 bridgehead atoms. The summed E-state index contributed by atoms with van der Waals surface area (Å²) in [6.07, 6.45) is 0.0286. The van der Waals surface area contributed by atoms with E-state index in [9.17, 15) is 4.79 Å². The van der Waals surface area contributed by atoms with Gasteiger partial charge in [-0.25, -0.2) is 0 Å².